The van der Waals surface area contributed by atoms with Gasteiger partial charge in [0.15, 0.2) is 0 Å². The van der Waals surface area contributed by atoms with Gasteiger partial charge in [-0.05, 0) is 18.8 Å². The predicted octanol–water partition coefficient (Wildman–Crippen LogP) is 0.159. The van der Waals surface area contributed by atoms with Gasteiger partial charge in [-0.25, -0.2) is 0 Å². The molecule has 2 heterocycles. The molecule has 2 aliphatic heterocycles. The van der Waals surface area contributed by atoms with E-state index < -0.39 is 0 Å². The molecule has 2 unspecified atom stereocenters. The summed E-state index contributed by atoms with van der Waals surface area (Å²) in [6.45, 7) is 2.49. The average molecular weight is 155 g/mol. The molecule has 3 heteroatoms. The number of nitrogens with one attached hydrogen (secondary N) is 1. The minimum absolute atomic E-state index is 0.237. The van der Waals surface area contributed by atoms with Gasteiger partial charge in [0.1, 0.15) is 0 Å². The lowest BCUT2D eigenvalue weighted by atomic mass is 9.91. The standard InChI is InChI=1S/C8H13NO2/c10-8-7(1-3-9-8)6-2-4-11-5-6/h6-7H,1-5H2,(H,9,10). The van der Waals surface area contributed by atoms with Crippen LogP contribution in [0.15, 0.2) is 0 Å². The lowest BCUT2D eigenvalue weighted by Gasteiger charge is -2.12. The van der Waals surface area contributed by atoms with Crippen molar-refractivity contribution in [2.45, 2.75) is 12.8 Å². The highest BCUT2D eigenvalue weighted by atomic mass is 16.5. The van der Waals surface area contributed by atoms with Crippen molar-refractivity contribution in [2.75, 3.05) is 19.8 Å². The van der Waals surface area contributed by atoms with Crippen molar-refractivity contribution in [1.29, 1.82) is 0 Å². The fraction of sp³-hybridized carbons (Fsp3) is 0.875. The highest BCUT2D eigenvalue weighted by molar-refractivity contribution is 5.80. The van der Waals surface area contributed by atoms with Crippen molar-refractivity contribution in [1.82, 2.24) is 5.32 Å². The van der Waals surface area contributed by atoms with E-state index in [2.05, 4.69) is 5.32 Å². The first-order valence-corrected chi connectivity index (χ1v) is 4.23. The van der Waals surface area contributed by atoms with E-state index in [4.69, 9.17) is 4.74 Å². The second kappa shape index (κ2) is 2.81. The molecule has 0 radical (unpaired) electrons. The Morgan fingerprint density at radius 3 is 2.91 bits per heavy atom. The number of amides is 1. The van der Waals surface area contributed by atoms with Crippen LogP contribution in [-0.2, 0) is 9.53 Å². The zero-order valence-electron chi connectivity index (χ0n) is 6.51. The number of carbonyl (C=O) groups is 1. The van der Waals surface area contributed by atoms with Gasteiger partial charge in [-0.2, -0.15) is 0 Å². The van der Waals surface area contributed by atoms with Crippen molar-refractivity contribution >= 4 is 5.91 Å². The first kappa shape index (κ1) is 7.10. The van der Waals surface area contributed by atoms with Crippen LogP contribution in [0, 0.1) is 11.8 Å². The molecule has 0 bridgehead atoms. The molecule has 2 saturated heterocycles. The van der Waals surface area contributed by atoms with E-state index in [-0.39, 0.29) is 11.8 Å². The maximum absolute atomic E-state index is 11.2. The molecule has 11 heavy (non-hydrogen) atoms. The van der Waals surface area contributed by atoms with Crippen LogP contribution in [0.3, 0.4) is 0 Å². The van der Waals surface area contributed by atoms with Gasteiger partial charge in [0.05, 0.1) is 6.61 Å². The minimum Gasteiger partial charge on any atom is -0.381 e. The van der Waals surface area contributed by atoms with E-state index in [1.54, 1.807) is 0 Å². The van der Waals surface area contributed by atoms with Gasteiger partial charge in [0.25, 0.3) is 0 Å². The van der Waals surface area contributed by atoms with Gasteiger partial charge >= 0.3 is 0 Å². The lowest BCUT2D eigenvalue weighted by Crippen LogP contribution is -2.25. The van der Waals surface area contributed by atoms with E-state index in [0.717, 1.165) is 32.6 Å². The summed E-state index contributed by atoms with van der Waals surface area (Å²) in [6, 6.07) is 0. The van der Waals surface area contributed by atoms with E-state index in [9.17, 15) is 4.79 Å². The Kier molecular flexibility index (Phi) is 1.82. The molecular formula is C8H13NO2. The van der Waals surface area contributed by atoms with Crippen LogP contribution >= 0.6 is 0 Å². The molecule has 0 aliphatic carbocycles. The Bertz CT molecular complexity index is 163. The third-order valence-electron chi connectivity index (χ3n) is 2.63. The first-order valence-electron chi connectivity index (χ1n) is 4.23. The number of hydrogen-bond donors (Lipinski definition) is 1. The van der Waals surface area contributed by atoms with Crippen LogP contribution in [0.5, 0.6) is 0 Å². The average Bonchev–Trinajstić information content (AvgIpc) is 2.55. The maximum atomic E-state index is 11.2. The minimum atomic E-state index is 0.237. The molecule has 1 amide bonds. The predicted molar refractivity (Wildman–Crippen MR) is 40.0 cm³/mol. The van der Waals surface area contributed by atoms with Crippen molar-refractivity contribution in [3.8, 4) is 0 Å². The molecule has 2 aliphatic rings. The van der Waals surface area contributed by atoms with Crippen LogP contribution in [0.1, 0.15) is 12.8 Å². The van der Waals surface area contributed by atoms with E-state index >= 15 is 0 Å². The summed E-state index contributed by atoms with van der Waals surface area (Å²) in [6.07, 6.45) is 2.07. The molecule has 2 rings (SSSR count). The smallest absolute Gasteiger partial charge is 0.223 e. The summed E-state index contributed by atoms with van der Waals surface area (Å²) in [5.41, 5.74) is 0. The monoisotopic (exact) mass is 155 g/mol. The van der Waals surface area contributed by atoms with Crippen LogP contribution in [-0.4, -0.2) is 25.7 Å². The molecular weight excluding hydrogens is 142 g/mol. The zero-order valence-corrected chi connectivity index (χ0v) is 6.51. The van der Waals surface area contributed by atoms with Gasteiger partial charge < -0.3 is 10.1 Å². The van der Waals surface area contributed by atoms with Gasteiger partial charge in [-0.1, -0.05) is 0 Å². The van der Waals surface area contributed by atoms with E-state index in [1.807, 2.05) is 0 Å². The fourth-order valence-electron chi connectivity index (χ4n) is 1.93. The Hall–Kier alpha value is -0.570. The van der Waals surface area contributed by atoms with Gasteiger partial charge in [-0.3, -0.25) is 4.79 Å². The number of rotatable bonds is 1. The Morgan fingerprint density at radius 2 is 2.36 bits per heavy atom. The summed E-state index contributed by atoms with van der Waals surface area (Å²) in [5, 5.41) is 2.85. The van der Waals surface area contributed by atoms with Gasteiger partial charge in [-0.15, -0.1) is 0 Å². The largest absolute Gasteiger partial charge is 0.381 e. The second-order valence-electron chi connectivity index (χ2n) is 3.31. The molecule has 0 saturated carbocycles. The van der Waals surface area contributed by atoms with E-state index in [0.29, 0.717) is 5.92 Å². The summed E-state index contributed by atoms with van der Waals surface area (Å²) in [7, 11) is 0. The van der Waals surface area contributed by atoms with E-state index in [1.165, 1.54) is 0 Å². The highest BCUT2D eigenvalue weighted by Crippen LogP contribution is 2.26. The fourth-order valence-corrected chi connectivity index (χ4v) is 1.93. The van der Waals surface area contributed by atoms with Crippen molar-refractivity contribution in [3.63, 3.8) is 0 Å². The number of carbonyl (C=O) groups excluding carboxylic acids is 1. The number of ether oxygens (including phenoxy) is 1. The topological polar surface area (TPSA) is 38.3 Å². The maximum Gasteiger partial charge on any atom is 0.223 e. The molecule has 2 fully saturated rings. The summed E-state index contributed by atoms with van der Waals surface area (Å²) in [4.78, 5) is 11.2. The van der Waals surface area contributed by atoms with Crippen molar-refractivity contribution in [3.05, 3.63) is 0 Å². The quantitative estimate of drug-likeness (QED) is 0.585. The molecule has 0 aromatic rings. The Balaban J connectivity index is 1.97. The third-order valence-corrected chi connectivity index (χ3v) is 2.63. The Morgan fingerprint density at radius 1 is 1.45 bits per heavy atom. The second-order valence-corrected chi connectivity index (χ2v) is 3.31. The zero-order chi connectivity index (χ0) is 7.68. The number of hydrogen-bond acceptors (Lipinski definition) is 2. The SMILES string of the molecule is O=C1NCCC1C1CCOC1. The van der Waals surface area contributed by atoms with Crippen molar-refractivity contribution < 1.29 is 9.53 Å². The molecule has 3 nitrogen and oxygen atoms in total. The molecule has 0 spiro atoms. The molecule has 1 N–H and O–H groups in total. The highest BCUT2D eigenvalue weighted by Gasteiger charge is 2.33. The lowest BCUT2D eigenvalue weighted by molar-refractivity contribution is -0.123. The summed E-state index contributed by atoms with van der Waals surface area (Å²) in [5.74, 6) is 0.982. The van der Waals surface area contributed by atoms with Crippen LogP contribution < -0.4 is 5.32 Å². The van der Waals surface area contributed by atoms with Crippen LogP contribution in [0.4, 0.5) is 0 Å². The Labute approximate surface area is 66.1 Å². The van der Waals surface area contributed by atoms with Crippen molar-refractivity contribution in [2.24, 2.45) is 11.8 Å². The normalized spacial score (nSPS) is 37.6. The van der Waals surface area contributed by atoms with Gasteiger partial charge in [0, 0.05) is 19.1 Å². The summed E-state index contributed by atoms with van der Waals surface area (Å²) < 4.78 is 5.24. The molecule has 62 valence electrons. The molecule has 2 atom stereocenters. The summed E-state index contributed by atoms with van der Waals surface area (Å²) >= 11 is 0. The first-order chi connectivity index (χ1) is 5.38. The molecule has 0 aromatic heterocycles. The third kappa shape index (κ3) is 1.25. The van der Waals surface area contributed by atoms with Crippen LogP contribution in [0.2, 0.25) is 0 Å². The van der Waals surface area contributed by atoms with Gasteiger partial charge in [0.2, 0.25) is 5.91 Å². The molecule has 0 aromatic carbocycles. The van der Waals surface area contributed by atoms with Crippen LogP contribution in [0.25, 0.3) is 0 Å².